The highest BCUT2D eigenvalue weighted by Gasteiger charge is 2.32. The maximum absolute atomic E-state index is 12.2. The molecule has 1 saturated carbocycles. The minimum atomic E-state index is -1.40. The molecule has 1 fully saturated rings. The van der Waals surface area contributed by atoms with Gasteiger partial charge in [-0.15, -0.1) is 0 Å². The molecule has 0 saturated heterocycles. The van der Waals surface area contributed by atoms with Crippen molar-refractivity contribution in [3.05, 3.63) is 29.8 Å². The summed E-state index contributed by atoms with van der Waals surface area (Å²) in [5.41, 5.74) is -0.0168. The summed E-state index contributed by atoms with van der Waals surface area (Å²) in [5, 5.41) is 24.6. The molecule has 6 nitrogen and oxygen atoms in total. The second-order valence-electron chi connectivity index (χ2n) is 5.14. The molecule has 0 spiro atoms. The number of para-hydroxylation sites is 1. The van der Waals surface area contributed by atoms with Gasteiger partial charge in [0.15, 0.2) is 0 Å². The van der Waals surface area contributed by atoms with Crippen LogP contribution in [0, 0.1) is 11.8 Å². The number of hydrogen-bond donors (Lipinski definition) is 1. The SMILES string of the molecule is O=C([O-])c1ccccc1NC(=O)[C@H]1CCCC[C@H]1C(=O)[O-]. The third-order valence-corrected chi connectivity index (χ3v) is 3.81. The van der Waals surface area contributed by atoms with Crippen molar-refractivity contribution in [3.63, 3.8) is 0 Å². The van der Waals surface area contributed by atoms with Gasteiger partial charge in [0.25, 0.3) is 0 Å². The normalized spacial score (nSPS) is 21.5. The molecule has 0 heterocycles. The highest BCUT2D eigenvalue weighted by molar-refractivity contribution is 6.01. The Morgan fingerprint density at radius 2 is 1.62 bits per heavy atom. The molecule has 0 bridgehead atoms. The van der Waals surface area contributed by atoms with E-state index in [9.17, 15) is 24.6 Å². The van der Waals surface area contributed by atoms with Crippen molar-refractivity contribution >= 4 is 23.5 Å². The Kier molecular flexibility index (Phi) is 4.57. The minimum Gasteiger partial charge on any atom is -0.550 e. The van der Waals surface area contributed by atoms with Crippen LogP contribution in [0.1, 0.15) is 36.0 Å². The first kappa shape index (κ1) is 15.0. The van der Waals surface area contributed by atoms with E-state index >= 15 is 0 Å². The van der Waals surface area contributed by atoms with Gasteiger partial charge in [-0.2, -0.15) is 0 Å². The first-order chi connectivity index (χ1) is 10.0. The summed E-state index contributed by atoms with van der Waals surface area (Å²) >= 11 is 0. The number of anilines is 1. The summed E-state index contributed by atoms with van der Waals surface area (Å²) in [6.45, 7) is 0. The van der Waals surface area contributed by atoms with Crippen molar-refractivity contribution in [1.82, 2.24) is 0 Å². The number of rotatable bonds is 4. The van der Waals surface area contributed by atoms with Gasteiger partial charge in [0.05, 0.1) is 5.97 Å². The lowest BCUT2D eigenvalue weighted by Crippen LogP contribution is -2.42. The largest absolute Gasteiger partial charge is 0.550 e. The minimum absolute atomic E-state index is 0.116. The number of hydrogen-bond acceptors (Lipinski definition) is 5. The van der Waals surface area contributed by atoms with Gasteiger partial charge < -0.3 is 25.1 Å². The fourth-order valence-corrected chi connectivity index (χ4v) is 2.72. The molecule has 0 aromatic heterocycles. The molecule has 1 aromatic carbocycles. The van der Waals surface area contributed by atoms with Gasteiger partial charge in [0.1, 0.15) is 0 Å². The molecule has 0 unspecified atom stereocenters. The Labute approximate surface area is 121 Å². The van der Waals surface area contributed by atoms with Crippen LogP contribution in [0.3, 0.4) is 0 Å². The average molecular weight is 289 g/mol. The summed E-state index contributed by atoms with van der Waals surface area (Å²) in [4.78, 5) is 34.3. The Balaban J connectivity index is 2.17. The van der Waals surface area contributed by atoms with Crippen LogP contribution in [0.25, 0.3) is 0 Å². The van der Waals surface area contributed by atoms with E-state index in [4.69, 9.17) is 0 Å². The van der Waals surface area contributed by atoms with Crippen molar-refractivity contribution < 1.29 is 24.6 Å². The lowest BCUT2D eigenvalue weighted by atomic mass is 9.78. The zero-order chi connectivity index (χ0) is 15.4. The fraction of sp³-hybridized carbons (Fsp3) is 0.400. The molecule has 6 heteroatoms. The van der Waals surface area contributed by atoms with Crippen LogP contribution in [-0.4, -0.2) is 17.8 Å². The van der Waals surface area contributed by atoms with Gasteiger partial charge in [-0.25, -0.2) is 0 Å². The second kappa shape index (κ2) is 6.39. The predicted molar refractivity (Wildman–Crippen MR) is 69.9 cm³/mol. The molecule has 2 atom stereocenters. The van der Waals surface area contributed by atoms with Crippen LogP contribution >= 0.6 is 0 Å². The number of carboxylic acid groups (broad SMARTS) is 2. The molecule has 1 aliphatic rings. The second-order valence-corrected chi connectivity index (χ2v) is 5.14. The average Bonchev–Trinajstić information content (AvgIpc) is 2.47. The molecule has 1 aliphatic carbocycles. The van der Waals surface area contributed by atoms with E-state index in [-0.39, 0.29) is 11.3 Å². The van der Waals surface area contributed by atoms with E-state index in [2.05, 4.69) is 5.32 Å². The zero-order valence-electron chi connectivity index (χ0n) is 11.3. The van der Waals surface area contributed by atoms with Crippen LogP contribution < -0.4 is 15.5 Å². The van der Waals surface area contributed by atoms with Gasteiger partial charge in [-0.3, -0.25) is 4.79 Å². The molecule has 0 radical (unpaired) electrons. The number of carbonyl (C=O) groups excluding carboxylic acids is 3. The van der Waals surface area contributed by atoms with E-state index in [1.807, 2.05) is 0 Å². The topological polar surface area (TPSA) is 109 Å². The Morgan fingerprint density at radius 3 is 2.24 bits per heavy atom. The van der Waals surface area contributed by atoms with Gasteiger partial charge in [0.2, 0.25) is 5.91 Å². The van der Waals surface area contributed by atoms with E-state index in [1.54, 1.807) is 6.07 Å². The molecule has 21 heavy (non-hydrogen) atoms. The number of nitrogens with one attached hydrogen (secondary N) is 1. The molecular formula is C15H15NO5-2. The maximum Gasteiger partial charge on any atom is 0.228 e. The van der Waals surface area contributed by atoms with Crippen LogP contribution in [0.5, 0.6) is 0 Å². The van der Waals surface area contributed by atoms with Crippen LogP contribution in [0.15, 0.2) is 24.3 Å². The smallest absolute Gasteiger partial charge is 0.228 e. The molecule has 1 N–H and O–H groups in total. The summed E-state index contributed by atoms with van der Waals surface area (Å²) in [6, 6.07) is 5.87. The first-order valence-corrected chi connectivity index (χ1v) is 6.83. The first-order valence-electron chi connectivity index (χ1n) is 6.83. The molecule has 1 aromatic rings. The summed E-state index contributed by atoms with van der Waals surface area (Å²) in [6.07, 6.45) is 2.38. The van der Waals surface area contributed by atoms with Gasteiger partial charge in [-0.05, 0) is 18.9 Å². The number of carboxylic acids is 2. The van der Waals surface area contributed by atoms with Crippen molar-refractivity contribution in [2.24, 2.45) is 11.8 Å². The lowest BCUT2D eigenvalue weighted by Gasteiger charge is -2.31. The Bertz CT molecular complexity index is 569. The number of benzene rings is 1. The number of aliphatic carboxylic acids is 1. The third kappa shape index (κ3) is 3.39. The quantitative estimate of drug-likeness (QED) is 0.807. The van der Waals surface area contributed by atoms with Crippen molar-refractivity contribution in [2.45, 2.75) is 25.7 Å². The van der Waals surface area contributed by atoms with Gasteiger partial charge in [-0.1, -0.05) is 31.0 Å². The predicted octanol–water partition coefficient (Wildman–Crippen LogP) is -0.455. The molecule has 1 amide bonds. The zero-order valence-corrected chi connectivity index (χ0v) is 11.3. The molecule has 0 aliphatic heterocycles. The fourth-order valence-electron chi connectivity index (χ4n) is 2.72. The summed E-state index contributed by atoms with van der Waals surface area (Å²) in [5.74, 6) is -4.64. The van der Waals surface area contributed by atoms with Crippen molar-refractivity contribution in [2.75, 3.05) is 5.32 Å². The number of amides is 1. The monoisotopic (exact) mass is 289 g/mol. The highest BCUT2D eigenvalue weighted by atomic mass is 16.4. The molecular weight excluding hydrogens is 274 g/mol. The van der Waals surface area contributed by atoms with Crippen LogP contribution in [-0.2, 0) is 9.59 Å². The number of aromatic carboxylic acids is 1. The summed E-state index contributed by atoms with van der Waals surface area (Å²) < 4.78 is 0. The number of carbonyl (C=O) groups is 3. The maximum atomic E-state index is 12.2. The van der Waals surface area contributed by atoms with Gasteiger partial charge >= 0.3 is 0 Å². The van der Waals surface area contributed by atoms with Crippen LogP contribution in [0.4, 0.5) is 5.69 Å². The van der Waals surface area contributed by atoms with E-state index in [0.717, 1.165) is 12.8 Å². The van der Waals surface area contributed by atoms with Crippen LogP contribution in [0.2, 0.25) is 0 Å². The molecule has 2 rings (SSSR count). The Hall–Kier alpha value is -2.37. The van der Waals surface area contributed by atoms with Crippen molar-refractivity contribution in [3.8, 4) is 0 Å². The van der Waals surface area contributed by atoms with E-state index < -0.39 is 29.7 Å². The summed E-state index contributed by atoms with van der Waals surface area (Å²) in [7, 11) is 0. The molecule has 112 valence electrons. The Morgan fingerprint density at radius 1 is 1.00 bits per heavy atom. The standard InChI is InChI=1S/C15H17NO5/c17-13(9-5-1-2-6-10(9)14(18)19)16-12-8-4-3-7-11(12)15(20)21/h3-4,7-10H,1-2,5-6H2,(H,16,17)(H,18,19)(H,20,21)/p-2/t9-,10+/m0/s1. The third-order valence-electron chi connectivity index (χ3n) is 3.81. The van der Waals surface area contributed by atoms with E-state index in [1.165, 1.54) is 18.2 Å². The van der Waals surface area contributed by atoms with Gasteiger partial charge in [0, 0.05) is 29.1 Å². The van der Waals surface area contributed by atoms with E-state index in [0.29, 0.717) is 12.8 Å². The van der Waals surface area contributed by atoms with Crippen molar-refractivity contribution in [1.29, 1.82) is 0 Å². The lowest BCUT2D eigenvalue weighted by molar-refractivity contribution is -0.313. The highest BCUT2D eigenvalue weighted by Crippen LogP contribution is 2.31.